The third kappa shape index (κ3) is 11.0. The van der Waals surface area contributed by atoms with E-state index >= 15 is 0 Å². The number of hydrogen-bond donors (Lipinski definition) is 2. The molecule has 6 nitrogen and oxygen atoms in total. The van der Waals surface area contributed by atoms with Gasteiger partial charge in [0.15, 0.2) is 0 Å². The Bertz CT molecular complexity index is 304. The summed E-state index contributed by atoms with van der Waals surface area (Å²) in [6.45, 7) is 0.439. The van der Waals surface area contributed by atoms with Crippen LogP contribution in [-0.4, -0.2) is 44.7 Å². The maximum Gasteiger partial charge on any atom is 0.407 e. The fourth-order valence-electron chi connectivity index (χ4n) is 0.997. The van der Waals surface area contributed by atoms with Crippen LogP contribution in [0.2, 0.25) is 0 Å². The SMILES string of the molecule is O=C(NCCCCCCO)OCC=S(=O)=O. The minimum atomic E-state index is -2.30. The number of hydrogen-bond acceptors (Lipinski definition) is 5. The molecule has 0 heterocycles. The van der Waals surface area contributed by atoms with Crippen molar-refractivity contribution in [2.75, 3.05) is 19.8 Å². The first-order chi connectivity index (χ1) is 7.66. The van der Waals surface area contributed by atoms with Crippen molar-refractivity contribution in [3.05, 3.63) is 0 Å². The number of nitrogens with one attached hydrogen (secondary N) is 1. The zero-order valence-corrected chi connectivity index (χ0v) is 9.83. The Balaban J connectivity index is 3.34. The Morgan fingerprint density at radius 3 is 2.56 bits per heavy atom. The van der Waals surface area contributed by atoms with Gasteiger partial charge in [0, 0.05) is 13.2 Å². The van der Waals surface area contributed by atoms with E-state index < -0.39 is 16.4 Å². The summed E-state index contributed by atoms with van der Waals surface area (Å²) in [5.74, 6) is 0. The number of amides is 1. The normalized spacial score (nSPS) is 9.56. The molecule has 0 rings (SSSR count). The van der Waals surface area contributed by atoms with Crippen LogP contribution >= 0.6 is 0 Å². The van der Waals surface area contributed by atoms with Crippen LogP contribution in [-0.2, 0) is 15.0 Å². The molecule has 0 saturated heterocycles. The van der Waals surface area contributed by atoms with Gasteiger partial charge in [0.1, 0.15) is 6.61 Å². The molecule has 0 aliphatic heterocycles. The van der Waals surface area contributed by atoms with Crippen LogP contribution in [0.15, 0.2) is 0 Å². The number of unbranched alkanes of at least 4 members (excludes halogenated alkanes) is 3. The molecule has 2 N–H and O–H groups in total. The summed E-state index contributed by atoms with van der Waals surface area (Å²) in [7, 11) is -2.30. The molecule has 1 amide bonds. The van der Waals surface area contributed by atoms with E-state index in [0.717, 1.165) is 31.1 Å². The molecule has 0 aliphatic rings. The number of carbonyl (C=O) groups is 1. The number of aliphatic hydroxyl groups is 1. The highest BCUT2D eigenvalue weighted by molar-refractivity contribution is 7.71. The summed E-state index contributed by atoms with van der Waals surface area (Å²) < 4.78 is 24.6. The molecule has 7 heteroatoms. The number of alkyl carbamates (subject to hydrolysis) is 1. The van der Waals surface area contributed by atoms with Gasteiger partial charge in [-0.3, -0.25) is 0 Å². The van der Waals surface area contributed by atoms with E-state index in [1.165, 1.54) is 0 Å². The van der Waals surface area contributed by atoms with Crippen molar-refractivity contribution in [3.8, 4) is 0 Å². The molecule has 0 fully saturated rings. The Labute approximate surface area is 96.1 Å². The van der Waals surface area contributed by atoms with Crippen molar-refractivity contribution in [1.82, 2.24) is 5.32 Å². The van der Waals surface area contributed by atoms with Gasteiger partial charge in [0.05, 0.1) is 5.37 Å². The van der Waals surface area contributed by atoms with E-state index in [4.69, 9.17) is 5.11 Å². The Morgan fingerprint density at radius 2 is 1.94 bits per heavy atom. The smallest absolute Gasteiger partial charge is 0.407 e. The van der Waals surface area contributed by atoms with E-state index in [1.807, 2.05) is 0 Å². The van der Waals surface area contributed by atoms with Gasteiger partial charge in [0.25, 0.3) is 0 Å². The lowest BCUT2D eigenvalue weighted by atomic mass is 10.2. The molecular formula is C9H17NO5S. The number of carbonyl (C=O) groups excluding carboxylic acids is 1. The highest BCUT2D eigenvalue weighted by Crippen LogP contribution is 1.97. The summed E-state index contributed by atoms with van der Waals surface area (Å²) in [6.07, 6.45) is 2.82. The average Bonchev–Trinajstić information content (AvgIpc) is 2.22. The van der Waals surface area contributed by atoms with Crippen LogP contribution in [0.3, 0.4) is 0 Å². The number of ether oxygens (including phenoxy) is 1. The Morgan fingerprint density at radius 1 is 1.25 bits per heavy atom. The fourth-order valence-corrected chi connectivity index (χ4v) is 1.18. The molecule has 16 heavy (non-hydrogen) atoms. The molecule has 0 atom stereocenters. The molecule has 0 aromatic carbocycles. The van der Waals surface area contributed by atoms with Gasteiger partial charge in [-0.1, -0.05) is 12.8 Å². The monoisotopic (exact) mass is 251 g/mol. The lowest BCUT2D eigenvalue weighted by molar-refractivity contribution is 0.163. The first kappa shape index (κ1) is 14.9. The molecular weight excluding hydrogens is 234 g/mol. The summed E-state index contributed by atoms with van der Waals surface area (Å²) in [5.41, 5.74) is 0. The van der Waals surface area contributed by atoms with E-state index in [-0.39, 0.29) is 13.2 Å². The van der Waals surface area contributed by atoms with E-state index in [2.05, 4.69) is 10.1 Å². The maximum absolute atomic E-state index is 10.9. The topological polar surface area (TPSA) is 92.7 Å². The second-order valence-electron chi connectivity index (χ2n) is 3.09. The zero-order valence-electron chi connectivity index (χ0n) is 9.02. The Hall–Kier alpha value is -1.08. The third-order valence-corrected chi connectivity index (χ3v) is 2.18. The van der Waals surface area contributed by atoms with Crippen LogP contribution in [0.1, 0.15) is 25.7 Å². The summed E-state index contributed by atoms with van der Waals surface area (Å²) >= 11 is 0. The molecule has 0 aromatic rings. The van der Waals surface area contributed by atoms with Crippen molar-refractivity contribution >= 4 is 21.8 Å². The summed E-state index contributed by atoms with van der Waals surface area (Å²) in [4.78, 5) is 10.9. The average molecular weight is 251 g/mol. The van der Waals surface area contributed by atoms with E-state index in [0.29, 0.717) is 6.54 Å². The van der Waals surface area contributed by atoms with E-state index in [9.17, 15) is 13.2 Å². The quantitative estimate of drug-likeness (QED) is 0.466. The van der Waals surface area contributed by atoms with Crippen LogP contribution in [0.4, 0.5) is 4.79 Å². The van der Waals surface area contributed by atoms with Crippen molar-refractivity contribution in [2.24, 2.45) is 0 Å². The highest BCUT2D eigenvalue weighted by Gasteiger charge is 1.98. The minimum Gasteiger partial charge on any atom is -0.444 e. The lowest BCUT2D eigenvalue weighted by Crippen LogP contribution is -2.25. The molecule has 0 spiro atoms. The van der Waals surface area contributed by atoms with Crippen molar-refractivity contribution in [2.45, 2.75) is 25.7 Å². The van der Waals surface area contributed by atoms with Crippen LogP contribution < -0.4 is 5.32 Å². The first-order valence-electron chi connectivity index (χ1n) is 5.09. The molecule has 94 valence electrons. The second-order valence-corrected chi connectivity index (χ2v) is 3.94. The predicted molar refractivity (Wildman–Crippen MR) is 59.9 cm³/mol. The van der Waals surface area contributed by atoms with Gasteiger partial charge in [-0.25, -0.2) is 4.79 Å². The first-order valence-corrected chi connectivity index (χ1v) is 6.23. The molecule has 0 saturated carbocycles. The highest BCUT2D eigenvalue weighted by atomic mass is 32.2. The maximum atomic E-state index is 10.9. The molecule has 0 aliphatic carbocycles. The van der Waals surface area contributed by atoms with Crippen LogP contribution in [0.25, 0.3) is 0 Å². The van der Waals surface area contributed by atoms with Gasteiger partial charge in [-0.05, 0) is 12.8 Å². The van der Waals surface area contributed by atoms with Crippen LogP contribution in [0, 0.1) is 0 Å². The predicted octanol–water partition coefficient (Wildman–Crippen LogP) is -0.0534. The standard InChI is InChI=1S/C9H17NO5S/c11-6-4-2-1-3-5-10-9(12)15-7-8-16(13)14/h8,11H,1-7H2,(H,10,12). The second kappa shape index (κ2) is 10.4. The fraction of sp³-hybridized carbons (Fsp3) is 0.778. The van der Waals surface area contributed by atoms with Gasteiger partial charge in [-0.15, -0.1) is 0 Å². The molecule has 0 unspecified atom stereocenters. The third-order valence-electron chi connectivity index (χ3n) is 1.77. The Kier molecular flexibility index (Phi) is 9.73. The summed E-state index contributed by atoms with van der Waals surface area (Å²) in [6, 6.07) is 0. The lowest BCUT2D eigenvalue weighted by Gasteiger charge is -2.04. The van der Waals surface area contributed by atoms with Gasteiger partial charge in [0.2, 0.25) is 10.3 Å². The molecule has 0 aromatic heterocycles. The van der Waals surface area contributed by atoms with Gasteiger partial charge in [-0.2, -0.15) is 8.42 Å². The van der Waals surface area contributed by atoms with Gasteiger partial charge < -0.3 is 15.2 Å². The van der Waals surface area contributed by atoms with Crippen molar-refractivity contribution in [3.63, 3.8) is 0 Å². The minimum absolute atomic E-state index is 0.192. The van der Waals surface area contributed by atoms with E-state index in [1.54, 1.807) is 0 Å². The van der Waals surface area contributed by atoms with Gasteiger partial charge >= 0.3 is 6.09 Å². The van der Waals surface area contributed by atoms with Crippen molar-refractivity contribution in [1.29, 1.82) is 0 Å². The molecule has 0 bridgehead atoms. The largest absolute Gasteiger partial charge is 0.444 e. The molecule has 0 radical (unpaired) electrons. The summed E-state index contributed by atoms with van der Waals surface area (Å²) in [5, 5.41) is 11.9. The number of aliphatic hydroxyl groups excluding tert-OH is 1. The van der Waals surface area contributed by atoms with Crippen molar-refractivity contribution < 1.29 is 23.1 Å². The van der Waals surface area contributed by atoms with Crippen LogP contribution in [0.5, 0.6) is 0 Å². The number of rotatable bonds is 8. The zero-order chi connectivity index (χ0) is 12.2.